The van der Waals surface area contributed by atoms with Crippen LogP contribution in [0.15, 0.2) is 31.0 Å². The Morgan fingerprint density at radius 2 is 1.89 bits per heavy atom. The van der Waals surface area contributed by atoms with Gasteiger partial charge in [0.05, 0.1) is 24.4 Å². The Bertz CT molecular complexity index is 1380. The first-order chi connectivity index (χ1) is 18.0. The van der Waals surface area contributed by atoms with Crippen molar-refractivity contribution in [3.63, 3.8) is 0 Å². The summed E-state index contributed by atoms with van der Waals surface area (Å²) in [6.45, 7) is 2.07. The number of quaternary nitrogens is 1. The van der Waals surface area contributed by atoms with Crippen LogP contribution < -0.4 is 14.6 Å². The van der Waals surface area contributed by atoms with Gasteiger partial charge in [0, 0.05) is 51.3 Å². The highest BCUT2D eigenvalue weighted by molar-refractivity contribution is 5.98. The van der Waals surface area contributed by atoms with Gasteiger partial charge in [0.1, 0.15) is 12.1 Å². The molecule has 38 heavy (non-hydrogen) atoms. The summed E-state index contributed by atoms with van der Waals surface area (Å²) < 4.78 is 27.7. The molecule has 3 aromatic rings. The van der Waals surface area contributed by atoms with Gasteiger partial charge in [-0.3, -0.25) is 14.3 Å². The predicted molar refractivity (Wildman–Crippen MR) is 133 cm³/mol. The van der Waals surface area contributed by atoms with Crippen molar-refractivity contribution in [2.24, 2.45) is 11.8 Å². The number of fused-ring (bicyclic) bond motifs is 2. The minimum absolute atomic E-state index is 0.0473. The molecular formula is C23H25F2N10O3-. The van der Waals surface area contributed by atoms with Crippen molar-refractivity contribution in [2.75, 3.05) is 50.4 Å². The minimum atomic E-state index is -2.58. The van der Waals surface area contributed by atoms with Crippen LogP contribution in [0.1, 0.15) is 23.5 Å². The zero-order chi connectivity index (χ0) is 27.0. The van der Waals surface area contributed by atoms with E-state index in [1.165, 1.54) is 42.9 Å². The Labute approximate surface area is 216 Å². The van der Waals surface area contributed by atoms with Crippen LogP contribution in [0.3, 0.4) is 0 Å². The van der Waals surface area contributed by atoms with Crippen LogP contribution in [0.4, 0.5) is 26.4 Å². The van der Waals surface area contributed by atoms with Crippen molar-refractivity contribution in [2.45, 2.75) is 18.9 Å². The maximum absolute atomic E-state index is 13.5. The molecule has 6 rings (SSSR count). The molecule has 5 heterocycles. The fourth-order valence-electron chi connectivity index (χ4n) is 5.27. The first-order valence-corrected chi connectivity index (χ1v) is 12.1. The van der Waals surface area contributed by atoms with E-state index in [-0.39, 0.29) is 55.4 Å². The van der Waals surface area contributed by atoms with E-state index in [1.54, 1.807) is 23.4 Å². The monoisotopic (exact) mass is 527 g/mol. The van der Waals surface area contributed by atoms with Gasteiger partial charge in [-0.15, -0.1) is 0 Å². The van der Waals surface area contributed by atoms with Crippen LogP contribution in [-0.2, 0) is 0 Å². The summed E-state index contributed by atoms with van der Waals surface area (Å²) in [5.74, 6) is -3.37. The van der Waals surface area contributed by atoms with Crippen LogP contribution >= 0.6 is 0 Å². The molecule has 0 bridgehead atoms. The number of aromatic nitrogens is 6. The smallest absolute Gasteiger partial charge is 0.282 e. The Morgan fingerprint density at radius 3 is 2.58 bits per heavy atom. The Kier molecular flexibility index (Phi) is 5.38. The molecule has 3 aliphatic rings. The molecular weight excluding hydrogens is 502 g/mol. The van der Waals surface area contributed by atoms with Crippen molar-refractivity contribution in [3.05, 3.63) is 47.1 Å². The SMILES string of the molecule is CC(CN([O-])c1ccnc(-c2cnc(N3CC4C(C3)C4(F)F)nc2)n1)n1cnc2c1C(=O)N(C)C[N+]2(C)[O-]. The quantitative estimate of drug-likeness (QED) is 0.265. The van der Waals surface area contributed by atoms with E-state index in [1.807, 2.05) is 0 Å². The molecule has 4 atom stereocenters. The number of alkyl halides is 2. The zero-order valence-electron chi connectivity index (χ0n) is 20.9. The lowest BCUT2D eigenvalue weighted by atomic mass is 10.2. The van der Waals surface area contributed by atoms with E-state index < -0.39 is 28.4 Å². The van der Waals surface area contributed by atoms with Gasteiger partial charge >= 0.3 is 0 Å². The summed E-state index contributed by atoms with van der Waals surface area (Å²) in [7, 11) is 2.97. The molecule has 1 aliphatic carbocycles. The van der Waals surface area contributed by atoms with Crippen molar-refractivity contribution in [3.8, 4) is 11.4 Å². The molecule has 0 spiro atoms. The lowest BCUT2D eigenvalue weighted by Crippen LogP contribution is -2.54. The lowest BCUT2D eigenvalue weighted by molar-refractivity contribution is 0.0691. The van der Waals surface area contributed by atoms with Crippen LogP contribution in [-0.4, -0.2) is 86.6 Å². The highest BCUT2D eigenvalue weighted by Gasteiger charge is 2.72. The second kappa shape index (κ2) is 8.34. The first-order valence-electron chi connectivity index (χ1n) is 12.1. The topological polar surface area (TPSA) is 142 Å². The number of amides is 1. The average Bonchev–Trinajstić information content (AvgIpc) is 3.33. The zero-order valence-corrected chi connectivity index (χ0v) is 20.9. The van der Waals surface area contributed by atoms with Gasteiger partial charge in [0.2, 0.25) is 5.95 Å². The fraction of sp³-hybridized carbons (Fsp3) is 0.478. The molecule has 4 unspecified atom stereocenters. The Hall–Kier alpha value is -3.82. The summed E-state index contributed by atoms with van der Waals surface area (Å²) in [6.07, 6.45) is 5.84. The number of hydrogen-bond acceptors (Lipinski definition) is 10. The number of nitrogens with zero attached hydrogens (tertiary/aromatic N) is 10. The fourth-order valence-corrected chi connectivity index (χ4v) is 5.27. The maximum atomic E-state index is 13.5. The third-order valence-electron chi connectivity index (χ3n) is 7.43. The van der Waals surface area contributed by atoms with Crippen LogP contribution in [0, 0.1) is 22.3 Å². The number of hydroxylamine groups is 3. The number of rotatable bonds is 6. The molecule has 0 radical (unpaired) electrons. The minimum Gasteiger partial charge on any atom is -0.757 e. The van der Waals surface area contributed by atoms with Crippen molar-refractivity contribution >= 4 is 23.5 Å². The molecule has 0 aromatic carbocycles. The second-order valence-corrected chi connectivity index (χ2v) is 10.3. The van der Waals surface area contributed by atoms with Crippen LogP contribution in [0.2, 0.25) is 0 Å². The number of hydrogen-bond donors (Lipinski definition) is 0. The molecule has 15 heteroatoms. The summed E-state index contributed by atoms with van der Waals surface area (Å²) in [4.78, 5) is 37.1. The van der Waals surface area contributed by atoms with E-state index in [0.717, 1.165) is 0 Å². The van der Waals surface area contributed by atoms with Crippen molar-refractivity contribution < 1.29 is 13.6 Å². The van der Waals surface area contributed by atoms with Gasteiger partial charge in [-0.05, 0) is 13.0 Å². The van der Waals surface area contributed by atoms with Gasteiger partial charge in [-0.2, -0.15) is 4.98 Å². The van der Waals surface area contributed by atoms with Gasteiger partial charge < -0.3 is 24.9 Å². The number of anilines is 2. The molecule has 200 valence electrons. The average molecular weight is 528 g/mol. The summed E-state index contributed by atoms with van der Waals surface area (Å²) in [5, 5.41) is 26.5. The Morgan fingerprint density at radius 1 is 1.21 bits per heavy atom. The number of carbonyl (C=O) groups is 1. The Balaban J connectivity index is 1.16. The summed E-state index contributed by atoms with van der Waals surface area (Å²) in [6, 6.07) is 0.961. The van der Waals surface area contributed by atoms with Gasteiger partial charge in [0.25, 0.3) is 17.6 Å². The predicted octanol–water partition coefficient (Wildman–Crippen LogP) is 1.87. The molecule has 2 aliphatic heterocycles. The van der Waals surface area contributed by atoms with E-state index in [4.69, 9.17) is 0 Å². The number of imidazole rings is 1. The molecule has 0 N–H and O–H groups in total. The highest BCUT2D eigenvalue weighted by atomic mass is 19.3. The molecule has 2 fully saturated rings. The lowest BCUT2D eigenvalue weighted by Gasteiger charge is -2.42. The molecule has 1 saturated heterocycles. The van der Waals surface area contributed by atoms with Gasteiger partial charge in [-0.25, -0.2) is 28.7 Å². The van der Waals surface area contributed by atoms with Crippen molar-refractivity contribution in [1.29, 1.82) is 0 Å². The molecule has 1 amide bonds. The normalized spacial score (nSPS) is 26.2. The van der Waals surface area contributed by atoms with E-state index >= 15 is 0 Å². The maximum Gasteiger partial charge on any atom is 0.282 e. The first kappa shape index (κ1) is 24.5. The van der Waals surface area contributed by atoms with E-state index in [2.05, 4.69) is 24.9 Å². The number of halogens is 2. The number of piperidine rings is 1. The third-order valence-corrected chi connectivity index (χ3v) is 7.43. The molecule has 3 aromatic heterocycles. The number of carbonyl (C=O) groups excluding carboxylic acids is 1. The van der Waals surface area contributed by atoms with Crippen LogP contribution in [0.25, 0.3) is 11.4 Å². The summed E-state index contributed by atoms with van der Waals surface area (Å²) in [5.41, 5.74) is 0.633. The van der Waals surface area contributed by atoms with E-state index in [0.29, 0.717) is 16.6 Å². The molecule has 13 nitrogen and oxygen atoms in total. The summed E-state index contributed by atoms with van der Waals surface area (Å²) >= 11 is 0. The highest BCUT2D eigenvalue weighted by Crippen LogP contribution is 2.59. The second-order valence-electron chi connectivity index (χ2n) is 10.3. The molecule has 1 saturated carbocycles. The van der Waals surface area contributed by atoms with Crippen molar-refractivity contribution in [1.82, 2.24) is 39.0 Å². The van der Waals surface area contributed by atoms with Gasteiger partial charge in [-0.1, -0.05) is 0 Å². The van der Waals surface area contributed by atoms with E-state index in [9.17, 15) is 24.0 Å². The largest absolute Gasteiger partial charge is 0.757 e. The third kappa shape index (κ3) is 3.85. The standard InChI is InChI=1S/C23H25F2N10O3/c1-13(33-11-29-20-18(33)21(36)31(2)12-35(20,3)38)8-34(37)17-4-5-26-19(30-17)14-6-27-22(28-7-14)32-9-15-16(10-32)23(15,24)25/h4-7,11,13,15-16H,8-10,12H2,1-3H3/q-1. The van der Waals surface area contributed by atoms with Gasteiger partial charge in [0.15, 0.2) is 18.2 Å². The van der Waals surface area contributed by atoms with Crippen LogP contribution in [0.5, 0.6) is 0 Å².